The van der Waals surface area contributed by atoms with E-state index in [0.717, 1.165) is 16.6 Å². The second-order valence-electron chi connectivity index (χ2n) is 4.96. The van der Waals surface area contributed by atoms with E-state index in [9.17, 15) is 4.39 Å². The summed E-state index contributed by atoms with van der Waals surface area (Å²) in [5, 5.41) is 11.8. The largest absolute Gasteiger partial charge is 0.403 e. The van der Waals surface area contributed by atoms with Crippen LogP contribution in [-0.4, -0.2) is 20.2 Å². The molecule has 4 rings (SSSR count). The molecule has 0 saturated heterocycles. The quantitative estimate of drug-likeness (QED) is 0.604. The van der Waals surface area contributed by atoms with Gasteiger partial charge in [-0.3, -0.25) is 0 Å². The molecule has 0 aliphatic carbocycles. The molecule has 0 atom stereocenters. The Morgan fingerprint density at radius 1 is 1.13 bits per heavy atom. The molecule has 0 saturated carbocycles. The topological polar surface area (TPSA) is 79.6 Å². The fourth-order valence-corrected chi connectivity index (χ4v) is 2.35. The maximum atomic E-state index is 13.6. The number of fused-ring (bicyclic) bond motifs is 1. The van der Waals surface area contributed by atoms with Gasteiger partial charge in [0.2, 0.25) is 0 Å². The molecule has 0 bridgehead atoms. The van der Waals surface area contributed by atoms with Crippen LogP contribution in [0.4, 0.5) is 10.4 Å². The summed E-state index contributed by atoms with van der Waals surface area (Å²) in [6, 6.07) is 10.5. The van der Waals surface area contributed by atoms with Crippen molar-refractivity contribution in [2.24, 2.45) is 0 Å². The zero-order chi connectivity index (χ0) is 15.6. The van der Waals surface area contributed by atoms with Crippen molar-refractivity contribution in [3.63, 3.8) is 0 Å². The Morgan fingerprint density at radius 2 is 2.04 bits per heavy atom. The van der Waals surface area contributed by atoms with Gasteiger partial charge in [-0.2, -0.15) is 0 Å². The highest BCUT2D eigenvalue weighted by molar-refractivity contribution is 5.90. The minimum Gasteiger partial charge on any atom is -0.403 e. The summed E-state index contributed by atoms with van der Waals surface area (Å²) in [5.41, 5.74) is 2.06. The molecule has 114 valence electrons. The highest BCUT2D eigenvalue weighted by Gasteiger charge is 2.13. The van der Waals surface area contributed by atoms with Crippen molar-refractivity contribution in [1.29, 1.82) is 0 Å². The Kier molecular flexibility index (Phi) is 3.23. The lowest BCUT2D eigenvalue weighted by Crippen LogP contribution is -2.01. The van der Waals surface area contributed by atoms with E-state index in [1.807, 2.05) is 12.1 Å². The van der Waals surface area contributed by atoms with Crippen molar-refractivity contribution in [3.05, 3.63) is 60.2 Å². The highest BCUT2D eigenvalue weighted by Crippen LogP contribution is 2.27. The van der Waals surface area contributed by atoms with Gasteiger partial charge in [-0.05, 0) is 18.2 Å². The van der Waals surface area contributed by atoms with E-state index in [-0.39, 0.29) is 18.4 Å². The molecule has 6 nitrogen and oxygen atoms in total. The summed E-state index contributed by atoms with van der Waals surface area (Å²) < 4.78 is 19.2. The standard InChI is InChI=1S/C16H12FN5O/c17-13-6-2-1-4-10(13)8-20-16-22-21-15(23-16)12-9-19-14-11(12)5-3-7-18-14/h1-7,9H,8H2,(H,18,19)(H,20,22). The first-order valence-electron chi connectivity index (χ1n) is 7.04. The second-order valence-corrected chi connectivity index (χ2v) is 4.96. The Balaban J connectivity index is 1.56. The van der Waals surface area contributed by atoms with E-state index in [2.05, 4.69) is 25.5 Å². The summed E-state index contributed by atoms with van der Waals surface area (Å²) in [7, 11) is 0. The predicted molar refractivity (Wildman–Crippen MR) is 83.1 cm³/mol. The van der Waals surface area contributed by atoms with Crippen LogP contribution in [0.1, 0.15) is 5.56 Å². The van der Waals surface area contributed by atoms with Gasteiger partial charge in [0.15, 0.2) is 0 Å². The Bertz CT molecular complexity index is 962. The molecule has 0 spiro atoms. The fourth-order valence-electron chi connectivity index (χ4n) is 2.35. The molecule has 0 fully saturated rings. The zero-order valence-corrected chi connectivity index (χ0v) is 12.0. The van der Waals surface area contributed by atoms with Gasteiger partial charge < -0.3 is 14.7 Å². The number of hydrogen-bond acceptors (Lipinski definition) is 5. The summed E-state index contributed by atoms with van der Waals surface area (Å²) >= 11 is 0. The van der Waals surface area contributed by atoms with E-state index in [0.29, 0.717) is 11.5 Å². The number of anilines is 1. The van der Waals surface area contributed by atoms with Gasteiger partial charge in [0.05, 0.1) is 5.56 Å². The normalized spacial score (nSPS) is 11.0. The predicted octanol–water partition coefficient (Wildman–Crippen LogP) is 3.36. The van der Waals surface area contributed by atoms with Gasteiger partial charge >= 0.3 is 6.01 Å². The van der Waals surface area contributed by atoms with E-state index in [1.54, 1.807) is 30.6 Å². The van der Waals surface area contributed by atoms with Crippen molar-refractivity contribution in [3.8, 4) is 11.5 Å². The number of aromatic amines is 1. The number of halogens is 1. The summed E-state index contributed by atoms with van der Waals surface area (Å²) in [6.07, 6.45) is 3.48. The minimum atomic E-state index is -0.276. The lowest BCUT2D eigenvalue weighted by atomic mass is 10.2. The van der Waals surface area contributed by atoms with Gasteiger partial charge in [0, 0.05) is 29.9 Å². The molecule has 7 heteroatoms. The van der Waals surface area contributed by atoms with Gasteiger partial charge in [-0.15, -0.1) is 5.10 Å². The lowest BCUT2D eigenvalue weighted by Gasteiger charge is -2.02. The average molecular weight is 309 g/mol. The number of rotatable bonds is 4. The third-order valence-corrected chi connectivity index (χ3v) is 3.49. The molecular weight excluding hydrogens is 297 g/mol. The maximum Gasteiger partial charge on any atom is 0.316 e. The minimum absolute atomic E-state index is 0.237. The number of nitrogens with one attached hydrogen (secondary N) is 2. The lowest BCUT2D eigenvalue weighted by molar-refractivity contribution is 0.577. The number of benzene rings is 1. The Labute approximate surface area is 130 Å². The third kappa shape index (κ3) is 2.52. The highest BCUT2D eigenvalue weighted by atomic mass is 19.1. The van der Waals surface area contributed by atoms with Crippen molar-refractivity contribution >= 4 is 17.0 Å². The SMILES string of the molecule is Fc1ccccc1CNc1nnc(-c2c[nH]c3ncccc23)o1. The average Bonchev–Trinajstić information content (AvgIpc) is 3.20. The first-order chi connectivity index (χ1) is 11.3. The van der Waals surface area contributed by atoms with Crippen molar-refractivity contribution < 1.29 is 8.81 Å². The van der Waals surface area contributed by atoms with Gasteiger partial charge in [0.1, 0.15) is 11.5 Å². The van der Waals surface area contributed by atoms with Gasteiger partial charge in [0.25, 0.3) is 5.89 Å². The molecule has 0 amide bonds. The number of nitrogens with zero attached hydrogens (tertiary/aromatic N) is 3. The maximum absolute atomic E-state index is 13.6. The van der Waals surface area contributed by atoms with Crippen molar-refractivity contribution in [1.82, 2.24) is 20.2 Å². The van der Waals surface area contributed by atoms with Crippen LogP contribution in [0.3, 0.4) is 0 Å². The molecular formula is C16H12FN5O. The number of pyridine rings is 1. The molecule has 4 aromatic rings. The smallest absolute Gasteiger partial charge is 0.316 e. The molecule has 3 heterocycles. The first kappa shape index (κ1) is 13.4. The summed E-state index contributed by atoms with van der Waals surface area (Å²) in [4.78, 5) is 7.27. The van der Waals surface area contributed by atoms with Crippen LogP contribution in [0.15, 0.2) is 53.2 Å². The Hall–Kier alpha value is -3.22. The molecule has 0 radical (unpaired) electrons. The zero-order valence-electron chi connectivity index (χ0n) is 12.0. The molecule has 0 unspecified atom stereocenters. The summed E-state index contributed by atoms with van der Waals surface area (Å²) in [6.45, 7) is 0.268. The van der Waals surface area contributed by atoms with Crippen LogP contribution < -0.4 is 5.32 Å². The Morgan fingerprint density at radius 3 is 2.96 bits per heavy atom. The molecule has 0 aliphatic heterocycles. The fraction of sp³-hybridized carbons (Fsp3) is 0.0625. The van der Waals surface area contributed by atoms with Crippen LogP contribution in [0.2, 0.25) is 0 Å². The third-order valence-electron chi connectivity index (χ3n) is 3.49. The molecule has 3 aromatic heterocycles. The van der Waals surface area contributed by atoms with Crippen LogP contribution in [0.5, 0.6) is 0 Å². The molecule has 23 heavy (non-hydrogen) atoms. The van der Waals surface area contributed by atoms with E-state index in [1.165, 1.54) is 6.07 Å². The van der Waals surface area contributed by atoms with E-state index >= 15 is 0 Å². The van der Waals surface area contributed by atoms with E-state index < -0.39 is 0 Å². The van der Waals surface area contributed by atoms with Crippen LogP contribution in [-0.2, 0) is 6.54 Å². The molecule has 1 aromatic carbocycles. The molecule has 2 N–H and O–H groups in total. The van der Waals surface area contributed by atoms with Crippen molar-refractivity contribution in [2.75, 3.05) is 5.32 Å². The van der Waals surface area contributed by atoms with Crippen LogP contribution >= 0.6 is 0 Å². The van der Waals surface area contributed by atoms with Crippen LogP contribution in [0, 0.1) is 5.82 Å². The first-order valence-corrected chi connectivity index (χ1v) is 7.04. The monoisotopic (exact) mass is 309 g/mol. The van der Waals surface area contributed by atoms with Gasteiger partial charge in [-0.1, -0.05) is 23.3 Å². The number of hydrogen-bond donors (Lipinski definition) is 2. The molecule has 0 aliphatic rings. The second kappa shape index (κ2) is 5.53. The van der Waals surface area contributed by atoms with Crippen molar-refractivity contribution in [2.45, 2.75) is 6.54 Å². The van der Waals surface area contributed by atoms with Crippen LogP contribution in [0.25, 0.3) is 22.5 Å². The number of aromatic nitrogens is 4. The number of H-pyrrole nitrogens is 1. The van der Waals surface area contributed by atoms with Gasteiger partial charge in [-0.25, -0.2) is 9.37 Å². The summed E-state index contributed by atoms with van der Waals surface area (Å²) in [5.74, 6) is 0.0997. The van der Waals surface area contributed by atoms with E-state index in [4.69, 9.17) is 4.42 Å².